The maximum Gasteiger partial charge on any atom is 0.412 e. The Hall–Kier alpha value is -2.59. The van der Waals surface area contributed by atoms with Crippen molar-refractivity contribution < 1.29 is 24.6 Å². The number of aromatic hydroxyl groups is 1. The van der Waals surface area contributed by atoms with Crippen LogP contribution in [0.25, 0.3) is 0 Å². The van der Waals surface area contributed by atoms with Crippen molar-refractivity contribution in [1.29, 1.82) is 0 Å². The third kappa shape index (κ3) is 7.03. The molecule has 0 saturated heterocycles. The summed E-state index contributed by atoms with van der Waals surface area (Å²) >= 11 is 2.14. The molecule has 2 aromatic rings. The standard InChI is InChI=1S/C22H25IN2O5/c1-22(2,13-7-6-10-19(27)25-29)20(17-14-15(23)11-12-18(17)26)30-21(28)24-16-8-4-3-5-9-16/h3-6,8-12,14,20,26,29H,7,13H2,1-2H3,(H,24,28)(H,25,27)/b10-6+/t20-/m1/s1. The van der Waals surface area contributed by atoms with Gasteiger partial charge in [-0.05, 0) is 65.8 Å². The first-order chi connectivity index (χ1) is 14.2. The fourth-order valence-corrected chi connectivity index (χ4v) is 3.48. The van der Waals surface area contributed by atoms with E-state index in [1.165, 1.54) is 11.6 Å². The Labute approximate surface area is 189 Å². The molecular weight excluding hydrogens is 499 g/mol. The predicted molar refractivity (Wildman–Crippen MR) is 122 cm³/mol. The van der Waals surface area contributed by atoms with Gasteiger partial charge in [-0.3, -0.25) is 15.3 Å². The lowest BCUT2D eigenvalue weighted by Gasteiger charge is -2.34. The molecule has 2 aromatic carbocycles. The number of nitrogens with one attached hydrogen (secondary N) is 2. The number of hydrogen-bond donors (Lipinski definition) is 4. The van der Waals surface area contributed by atoms with E-state index in [-0.39, 0.29) is 5.75 Å². The number of anilines is 1. The van der Waals surface area contributed by atoms with Gasteiger partial charge in [0.15, 0.2) is 0 Å². The normalized spacial score (nSPS) is 12.4. The average molecular weight is 524 g/mol. The second kappa shape index (κ2) is 11.0. The zero-order valence-corrected chi connectivity index (χ0v) is 18.9. The molecule has 0 heterocycles. The second-order valence-corrected chi connectivity index (χ2v) is 8.63. The topological polar surface area (TPSA) is 108 Å². The highest BCUT2D eigenvalue weighted by molar-refractivity contribution is 14.1. The van der Waals surface area contributed by atoms with Gasteiger partial charge in [0.05, 0.1) is 0 Å². The molecule has 0 radical (unpaired) electrons. The van der Waals surface area contributed by atoms with E-state index in [9.17, 15) is 14.7 Å². The highest BCUT2D eigenvalue weighted by Gasteiger charge is 2.35. The lowest BCUT2D eigenvalue weighted by atomic mass is 9.78. The summed E-state index contributed by atoms with van der Waals surface area (Å²) < 4.78 is 6.68. The van der Waals surface area contributed by atoms with Crippen LogP contribution in [0.2, 0.25) is 0 Å². The molecule has 0 saturated carbocycles. The molecule has 0 bridgehead atoms. The van der Waals surface area contributed by atoms with E-state index in [1.807, 2.05) is 19.9 Å². The summed E-state index contributed by atoms with van der Waals surface area (Å²) in [7, 11) is 0. The molecule has 0 spiro atoms. The second-order valence-electron chi connectivity index (χ2n) is 7.39. The molecule has 8 heteroatoms. The number of ether oxygens (including phenoxy) is 1. The maximum atomic E-state index is 12.6. The van der Waals surface area contributed by atoms with Crippen LogP contribution < -0.4 is 10.8 Å². The van der Waals surface area contributed by atoms with Crippen LogP contribution in [-0.4, -0.2) is 22.3 Å². The molecular formula is C22H25IN2O5. The van der Waals surface area contributed by atoms with Crippen molar-refractivity contribution in [3.05, 3.63) is 69.8 Å². The molecule has 0 aromatic heterocycles. The van der Waals surface area contributed by atoms with Crippen LogP contribution in [0.15, 0.2) is 60.7 Å². The van der Waals surface area contributed by atoms with Gasteiger partial charge in [-0.25, -0.2) is 10.3 Å². The molecule has 0 fully saturated rings. The smallest absolute Gasteiger partial charge is 0.412 e. The molecule has 30 heavy (non-hydrogen) atoms. The fourth-order valence-electron chi connectivity index (χ4n) is 2.97. The van der Waals surface area contributed by atoms with Crippen LogP contribution in [0.5, 0.6) is 5.75 Å². The number of hydroxylamine groups is 1. The van der Waals surface area contributed by atoms with Crippen LogP contribution in [0, 0.1) is 8.99 Å². The third-order valence-corrected chi connectivity index (χ3v) is 5.23. The number of benzene rings is 2. The minimum atomic E-state index is -0.740. The van der Waals surface area contributed by atoms with E-state index in [2.05, 4.69) is 27.9 Å². The van der Waals surface area contributed by atoms with E-state index in [1.54, 1.807) is 48.5 Å². The minimum absolute atomic E-state index is 0.0382. The maximum absolute atomic E-state index is 12.6. The van der Waals surface area contributed by atoms with Gasteiger partial charge in [0.2, 0.25) is 0 Å². The van der Waals surface area contributed by atoms with E-state index < -0.39 is 23.5 Å². The van der Waals surface area contributed by atoms with Crippen LogP contribution in [-0.2, 0) is 9.53 Å². The Kier molecular flexibility index (Phi) is 8.67. The summed E-state index contributed by atoms with van der Waals surface area (Å²) in [4.78, 5) is 23.7. The zero-order valence-electron chi connectivity index (χ0n) is 16.8. The number of hydrogen-bond acceptors (Lipinski definition) is 5. The first-order valence-electron chi connectivity index (χ1n) is 9.34. The van der Waals surface area contributed by atoms with Gasteiger partial charge in [0.25, 0.3) is 5.91 Å². The van der Waals surface area contributed by atoms with E-state index in [0.717, 1.165) is 3.57 Å². The van der Waals surface area contributed by atoms with Crippen molar-refractivity contribution in [2.24, 2.45) is 5.41 Å². The lowest BCUT2D eigenvalue weighted by Crippen LogP contribution is -2.29. The number of phenolic OH excluding ortho intramolecular Hbond substituents is 1. The van der Waals surface area contributed by atoms with Crippen molar-refractivity contribution in [1.82, 2.24) is 5.48 Å². The summed E-state index contributed by atoms with van der Waals surface area (Å²) in [6.07, 6.45) is 2.55. The molecule has 0 aliphatic rings. The molecule has 0 aliphatic carbocycles. The highest BCUT2D eigenvalue weighted by Crippen LogP contribution is 2.44. The molecule has 2 amide bonds. The summed E-state index contributed by atoms with van der Waals surface area (Å²) in [6, 6.07) is 14.1. The summed E-state index contributed by atoms with van der Waals surface area (Å²) in [5, 5.41) is 21.7. The fraction of sp³-hybridized carbons (Fsp3) is 0.273. The van der Waals surface area contributed by atoms with Crippen molar-refractivity contribution in [3.8, 4) is 5.75 Å². The van der Waals surface area contributed by atoms with Gasteiger partial charge in [0, 0.05) is 26.3 Å². The summed E-state index contributed by atoms with van der Waals surface area (Å²) in [6.45, 7) is 3.85. The van der Waals surface area contributed by atoms with Crippen molar-refractivity contribution in [2.75, 3.05) is 5.32 Å². The number of carbonyl (C=O) groups is 2. The van der Waals surface area contributed by atoms with Crippen LogP contribution >= 0.6 is 22.6 Å². The SMILES string of the molecule is CC(C)(CC/C=C/C(=O)NO)[C@H](OC(=O)Nc1ccccc1)c1cc(I)ccc1O. The molecule has 1 atom stereocenters. The molecule has 2 rings (SSSR count). The molecule has 0 unspecified atom stereocenters. The Morgan fingerprint density at radius 3 is 2.57 bits per heavy atom. The number of allylic oxidation sites excluding steroid dienone is 1. The molecule has 4 N–H and O–H groups in total. The van der Waals surface area contributed by atoms with Crippen LogP contribution in [0.4, 0.5) is 10.5 Å². The van der Waals surface area contributed by atoms with E-state index >= 15 is 0 Å². The monoisotopic (exact) mass is 524 g/mol. The van der Waals surface area contributed by atoms with Gasteiger partial charge in [-0.1, -0.05) is 38.1 Å². The van der Waals surface area contributed by atoms with Crippen molar-refractivity contribution in [3.63, 3.8) is 0 Å². The predicted octanol–water partition coefficient (Wildman–Crippen LogP) is 5.15. The largest absolute Gasteiger partial charge is 0.508 e. The van der Waals surface area contributed by atoms with Crippen LogP contribution in [0.1, 0.15) is 38.4 Å². The minimum Gasteiger partial charge on any atom is -0.508 e. The van der Waals surface area contributed by atoms with Gasteiger partial charge >= 0.3 is 6.09 Å². The van der Waals surface area contributed by atoms with Crippen molar-refractivity contribution in [2.45, 2.75) is 32.8 Å². The zero-order chi connectivity index (χ0) is 22.1. The number of para-hydroxylation sites is 1. The van der Waals surface area contributed by atoms with Gasteiger partial charge in [0.1, 0.15) is 11.9 Å². The number of halogens is 1. The highest BCUT2D eigenvalue weighted by atomic mass is 127. The summed E-state index contributed by atoms with van der Waals surface area (Å²) in [5.74, 6) is -0.575. The van der Waals surface area contributed by atoms with E-state index in [0.29, 0.717) is 24.1 Å². The van der Waals surface area contributed by atoms with Gasteiger partial charge < -0.3 is 9.84 Å². The first-order valence-corrected chi connectivity index (χ1v) is 10.4. The quantitative estimate of drug-likeness (QED) is 0.165. The Balaban J connectivity index is 2.23. The van der Waals surface area contributed by atoms with Crippen molar-refractivity contribution >= 4 is 40.3 Å². The molecule has 0 aliphatic heterocycles. The number of phenols is 1. The first kappa shape index (κ1) is 23.7. The number of amides is 2. The Bertz CT molecular complexity index is 900. The number of carbonyl (C=O) groups excluding carboxylic acids is 2. The third-order valence-electron chi connectivity index (χ3n) is 4.56. The van der Waals surface area contributed by atoms with E-state index in [4.69, 9.17) is 9.94 Å². The molecule has 160 valence electrons. The number of rotatable bonds is 8. The lowest BCUT2D eigenvalue weighted by molar-refractivity contribution is -0.124. The average Bonchev–Trinajstić information content (AvgIpc) is 2.72. The Morgan fingerprint density at radius 2 is 1.90 bits per heavy atom. The van der Waals surface area contributed by atoms with Crippen LogP contribution in [0.3, 0.4) is 0 Å². The van der Waals surface area contributed by atoms with Gasteiger partial charge in [-0.15, -0.1) is 0 Å². The summed E-state index contributed by atoms with van der Waals surface area (Å²) in [5.41, 5.74) is 2.07. The Morgan fingerprint density at radius 1 is 1.20 bits per heavy atom. The van der Waals surface area contributed by atoms with Gasteiger partial charge in [-0.2, -0.15) is 0 Å². The molecule has 7 nitrogen and oxygen atoms in total.